The third-order valence-electron chi connectivity index (χ3n) is 5.99. The Morgan fingerprint density at radius 1 is 0.974 bits per heavy atom. The van der Waals surface area contributed by atoms with Gasteiger partial charge in [0.2, 0.25) is 0 Å². The molecule has 0 fully saturated rings. The van der Waals surface area contributed by atoms with Crippen molar-refractivity contribution in [2.75, 3.05) is 26.0 Å². The molecule has 0 bridgehead atoms. The molecule has 5 heterocycles. The van der Waals surface area contributed by atoms with Crippen LogP contribution in [0, 0.1) is 5.82 Å². The smallest absolute Gasteiger partial charge is 0.161 e. The van der Waals surface area contributed by atoms with Crippen molar-refractivity contribution in [3.05, 3.63) is 85.2 Å². The fraction of sp³-hybridized carbons (Fsp3) is 0.107. The summed E-state index contributed by atoms with van der Waals surface area (Å²) in [4.78, 5) is 23.9. The summed E-state index contributed by atoms with van der Waals surface area (Å²) in [7, 11) is 3.98. The maximum Gasteiger partial charge on any atom is 0.161 e. The number of anilines is 1. The van der Waals surface area contributed by atoms with E-state index in [2.05, 4.69) is 37.0 Å². The molecule has 10 heteroatoms. The molecule has 0 saturated heterocycles. The van der Waals surface area contributed by atoms with Crippen molar-refractivity contribution in [3.63, 3.8) is 0 Å². The second-order valence-electron chi connectivity index (χ2n) is 9.24. The minimum absolute atomic E-state index is 0.331. The summed E-state index contributed by atoms with van der Waals surface area (Å²) >= 11 is 0. The third-order valence-corrected chi connectivity index (χ3v) is 5.99. The number of aromatic amines is 2. The van der Waals surface area contributed by atoms with E-state index >= 15 is 0 Å². The van der Waals surface area contributed by atoms with Crippen molar-refractivity contribution in [2.24, 2.45) is 0 Å². The van der Waals surface area contributed by atoms with Crippen LogP contribution in [0.5, 0.6) is 0 Å². The van der Waals surface area contributed by atoms with Crippen LogP contribution in [0.4, 0.5) is 10.1 Å². The Morgan fingerprint density at radius 3 is 2.68 bits per heavy atom. The molecule has 188 valence electrons. The first-order valence-electron chi connectivity index (χ1n) is 12.0. The van der Waals surface area contributed by atoms with Gasteiger partial charge in [0.05, 0.1) is 34.3 Å². The number of benzene rings is 1. The number of H-pyrrole nitrogens is 2. The number of hydrogen-bond donors (Lipinski definition) is 3. The van der Waals surface area contributed by atoms with Crippen LogP contribution >= 0.6 is 0 Å². The van der Waals surface area contributed by atoms with E-state index in [4.69, 9.17) is 9.97 Å². The lowest BCUT2D eigenvalue weighted by atomic mass is 10.1. The number of halogens is 1. The van der Waals surface area contributed by atoms with Gasteiger partial charge in [-0.3, -0.25) is 15.1 Å². The largest absolute Gasteiger partial charge is 0.357 e. The van der Waals surface area contributed by atoms with E-state index in [9.17, 15) is 4.39 Å². The van der Waals surface area contributed by atoms with Crippen molar-refractivity contribution in [1.82, 2.24) is 40.0 Å². The summed E-state index contributed by atoms with van der Waals surface area (Å²) in [5.74, 6) is 0.206. The first kappa shape index (κ1) is 23.4. The van der Waals surface area contributed by atoms with Gasteiger partial charge in [-0.05, 0) is 50.5 Å². The van der Waals surface area contributed by atoms with E-state index in [0.29, 0.717) is 40.4 Å². The normalized spacial score (nSPS) is 11.5. The van der Waals surface area contributed by atoms with E-state index < -0.39 is 0 Å². The van der Waals surface area contributed by atoms with Crippen molar-refractivity contribution < 1.29 is 4.39 Å². The molecule has 0 spiro atoms. The van der Waals surface area contributed by atoms with Crippen LogP contribution in [-0.2, 0) is 0 Å². The molecule has 0 radical (unpaired) electrons. The Kier molecular flexibility index (Phi) is 5.85. The molecule has 9 nitrogen and oxygen atoms in total. The summed E-state index contributed by atoms with van der Waals surface area (Å²) in [6, 6.07) is 14.0. The zero-order valence-electron chi connectivity index (χ0n) is 20.8. The number of hydrogen-bond acceptors (Lipinski definition) is 7. The number of fused-ring (bicyclic) bond motifs is 2. The van der Waals surface area contributed by atoms with Gasteiger partial charge in [-0.1, -0.05) is 18.7 Å². The third kappa shape index (κ3) is 4.48. The molecule has 0 aliphatic carbocycles. The molecule has 0 aliphatic heterocycles. The molecular formula is C28H24FN9. The fourth-order valence-electron chi connectivity index (χ4n) is 4.39. The van der Waals surface area contributed by atoms with Gasteiger partial charge in [0.15, 0.2) is 11.5 Å². The van der Waals surface area contributed by atoms with Gasteiger partial charge in [0.25, 0.3) is 0 Å². The summed E-state index contributed by atoms with van der Waals surface area (Å²) in [6.45, 7) is 4.79. The van der Waals surface area contributed by atoms with E-state index in [1.54, 1.807) is 24.7 Å². The van der Waals surface area contributed by atoms with E-state index in [1.165, 1.54) is 12.1 Å². The average molecular weight is 506 g/mol. The monoisotopic (exact) mass is 505 g/mol. The van der Waals surface area contributed by atoms with Gasteiger partial charge in [-0.2, -0.15) is 5.10 Å². The molecular weight excluding hydrogens is 481 g/mol. The quantitative estimate of drug-likeness (QED) is 0.272. The number of imidazole rings is 1. The van der Waals surface area contributed by atoms with E-state index in [1.807, 2.05) is 49.3 Å². The zero-order valence-corrected chi connectivity index (χ0v) is 20.8. The number of aromatic nitrogens is 7. The van der Waals surface area contributed by atoms with Crippen molar-refractivity contribution >= 4 is 27.8 Å². The van der Waals surface area contributed by atoms with Crippen LogP contribution in [0.2, 0.25) is 0 Å². The Bertz CT molecular complexity index is 1800. The van der Waals surface area contributed by atoms with E-state index in [-0.39, 0.29) is 5.82 Å². The average Bonchev–Trinajstić information content (AvgIpc) is 3.52. The van der Waals surface area contributed by atoms with Crippen LogP contribution in [-0.4, -0.2) is 60.7 Å². The van der Waals surface area contributed by atoms with Crippen LogP contribution in [0.3, 0.4) is 0 Å². The maximum absolute atomic E-state index is 13.9. The summed E-state index contributed by atoms with van der Waals surface area (Å²) < 4.78 is 13.9. The van der Waals surface area contributed by atoms with Crippen LogP contribution in [0.1, 0.15) is 0 Å². The zero-order chi connectivity index (χ0) is 26.2. The van der Waals surface area contributed by atoms with Crippen LogP contribution in [0.25, 0.3) is 56.1 Å². The van der Waals surface area contributed by atoms with Gasteiger partial charge in [0, 0.05) is 35.8 Å². The predicted molar refractivity (Wildman–Crippen MR) is 147 cm³/mol. The fourth-order valence-corrected chi connectivity index (χ4v) is 4.39. The standard InChI is InChI=1S/C28H24FN9/c1-16(15-38(2)3)32-20-12-18(13-30-14-20)21-7-8-23-26(33-21)27(37-36-23)28-34-22-9-10-31-24(25(22)35-28)17-5-4-6-19(29)11-17/h4-14,32H,1,15H2,2-3H3,(H,34,35)(H,36,37). The topological polar surface area (TPSA) is 111 Å². The predicted octanol–water partition coefficient (Wildman–Crippen LogP) is 5.25. The van der Waals surface area contributed by atoms with E-state index in [0.717, 1.165) is 33.7 Å². The molecule has 5 aromatic heterocycles. The van der Waals surface area contributed by atoms with Gasteiger partial charge in [-0.25, -0.2) is 14.4 Å². The first-order chi connectivity index (χ1) is 18.4. The molecule has 6 rings (SSSR count). The molecule has 1 aromatic carbocycles. The number of nitrogens with zero attached hydrogens (tertiary/aromatic N) is 6. The molecule has 0 saturated carbocycles. The lowest BCUT2D eigenvalue weighted by molar-refractivity contribution is 0.447. The van der Waals surface area contributed by atoms with Gasteiger partial charge in [-0.15, -0.1) is 0 Å². The SMILES string of the molecule is C=C(CN(C)C)Nc1cncc(-c2ccc3[nH]nc(-c4nc5c(-c6cccc(F)c6)nccc5[nH]4)c3n2)c1. The number of likely N-dealkylation sites (N-methyl/N-ethyl adjacent to an activating group) is 1. The minimum Gasteiger partial charge on any atom is -0.357 e. The molecule has 38 heavy (non-hydrogen) atoms. The molecule has 3 N–H and O–H groups in total. The van der Waals surface area contributed by atoms with Crippen LogP contribution in [0.15, 0.2) is 79.4 Å². The van der Waals surface area contributed by atoms with Gasteiger partial charge >= 0.3 is 0 Å². The number of rotatable bonds is 7. The second-order valence-corrected chi connectivity index (χ2v) is 9.24. The highest BCUT2D eigenvalue weighted by molar-refractivity contribution is 5.95. The first-order valence-corrected chi connectivity index (χ1v) is 12.0. The highest BCUT2D eigenvalue weighted by Crippen LogP contribution is 2.31. The highest BCUT2D eigenvalue weighted by Gasteiger charge is 2.17. The summed E-state index contributed by atoms with van der Waals surface area (Å²) in [5.41, 5.74) is 7.93. The number of nitrogens with one attached hydrogen (secondary N) is 3. The summed E-state index contributed by atoms with van der Waals surface area (Å²) in [5, 5.41) is 10.8. The highest BCUT2D eigenvalue weighted by atomic mass is 19.1. The lowest BCUT2D eigenvalue weighted by Gasteiger charge is -2.14. The number of pyridine rings is 3. The molecule has 6 aromatic rings. The molecule has 0 aliphatic rings. The lowest BCUT2D eigenvalue weighted by Crippen LogP contribution is -2.18. The van der Waals surface area contributed by atoms with Crippen LogP contribution < -0.4 is 5.32 Å². The van der Waals surface area contributed by atoms with Crippen molar-refractivity contribution in [3.8, 4) is 34.0 Å². The molecule has 0 amide bonds. The Labute approximate surface area is 217 Å². The second kappa shape index (κ2) is 9.49. The Morgan fingerprint density at radius 2 is 1.84 bits per heavy atom. The minimum atomic E-state index is -0.331. The van der Waals surface area contributed by atoms with Gasteiger partial charge in [0.1, 0.15) is 16.9 Å². The Hall–Kier alpha value is -4.96. The van der Waals surface area contributed by atoms with Gasteiger partial charge < -0.3 is 15.2 Å². The Balaban J connectivity index is 1.38. The summed E-state index contributed by atoms with van der Waals surface area (Å²) in [6.07, 6.45) is 5.20. The van der Waals surface area contributed by atoms with Crippen molar-refractivity contribution in [2.45, 2.75) is 0 Å². The molecule has 0 atom stereocenters. The maximum atomic E-state index is 13.9. The molecule has 0 unspecified atom stereocenters. The van der Waals surface area contributed by atoms with Crippen molar-refractivity contribution in [1.29, 1.82) is 0 Å².